The third-order valence-corrected chi connectivity index (χ3v) is 4.16. The van der Waals surface area contributed by atoms with E-state index in [1.807, 2.05) is 7.05 Å². The van der Waals surface area contributed by atoms with Gasteiger partial charge < -0.3 is 15.3 Å². The smallest absolute Gasteiger partial charge is 0.336 e. The average Bonchev–Trinajstić information content (AvgIpc) is 2.38. The van der Waals surface area contributed by atoms with E-state index in [1.165, 1.54) is 0 Å². The summed E-state index contributed by atoms with van der Waals surface area (Å²) in [6, 6.07) is 0. The fourth-order valence-corrected chi connectivity index (χ4v) is 2.47. The Labute approximate surface area is 117 Å². The van der Waals surface area contributed by atoms with Gasteiger partial charge in [-0.2, -0.15) is 4.91 Å². The molecule has 0 radical (unpaired) electrons. The summed E-state index contributed by atoms with van der Waals surface area (Å²) in [7, 11) is 1.88. The van der Waals surface area contributed by atoms with Crippen LogP contribution < -0.4 is 5.73 Å². The number of esters is 1. The SMILES string of the molecule is CCOC(=O)C(N)(C=O)C1(N=O)CC[N+](C)(S)CC1. The highest BCUT2D eigenvalue weighted by Crippen LogP contribution is 2.37. The summed E-state index contributed by atoms with van der Waals surface area (Å²) in [5.74, 6) is -0.903. The molecule has 0 aromatic carbocycles. The Hall–Kier alpha value is -0.990. The fraction of sp³-hybridized carbons (Fsp3) is 0.818. The number of rotatable bonds is 5. The lowest BCUT2D eigenvalue weighted by atomic mass is 9.72. The zero-order valence-corrected chi connectivity index (χ0v) is 12.1. The molecule has 0 bridgehead atoms. The number of nitrogens with two attached hydrogens (primary N) is 1. The van der Waals surface area contributed by atoms with Crippen LogP contribution in [0.2, 0.25) is 0 Å². The van der Waals surface area contributed by atoms with Crippen molar-refractivity contribution in [1.29, 1.82) is 0 Å². The number of carbonyl (C=O) groups is 2. The average molecular weight is 290 g/mol. The van der Waals surface area contributed by atoms with Gasteiger partial charge in [-0.1, -0.05) is 5.18 Å². The number of hydrogen-bond donors (Lipinski definition) is 2. The van der Waals surface area contributed by atoms with E-state index in [0.29, 0.717) is 17.0 Å². The molecule has 0 aromatic heterocycles. The maximum absolute atomic E-state index is 11.9. The van der Waals surface area contributed by atoms with Crippen molar-refractivity contribution >= 4 is 25.1 Å². The number of hydrogen-bond acceptors (Lipinski definition) is 7. The molecule has 19 heavy (non-hydrogen) atoms. The molecule has 108 valence electrons. The quantitative estimate of drug-likeness (QED) is 0.186. The molecule has 0 spiro atoms. The van der Waals surface area contributed by atoms with Gasteiger partial charge in [0.15, 0.2) is 11.8 Å². The standard InChI is InChI=1S/C11H20N3O4S/c1-3-18-9(16)11(12,8-15)10(13-17)4-6-14(2,19)7-5-10/h8,19H,3-7,12H2,1-2H3/q+1. The molecule has 1 unspecified atom stereocenters. The zero-order chi connectivity index (χ0) is 14.7. The molecule has 0 amide bonds. The van der Waals surface area contributed by atoms with Gasteiger partial charge in [0.1, 0.15) is 5.54 Å². The third-order valence-electron chi connectivity index (χ3n) is 3.76. The van der Waals surface area contributed by atoms with Gasteiger partial charge in [0.25, 0.3) is 0 Å². The van der Waals surface area contributed by atoms with E-state index >= 15 is 0 Å². The van der Waals surface area contributed by atoms with Gasteiger partial charge in [-0.15, -0.1) is 0 Å². The highest BCUT2D eigenvalue weighted by atomic mass is 32.1. The van der Waals surface area contributed by atoms with Gasteiger partial charge in [0.2, 0.25) is 0 Å². The number of piperidine rings is 1. The molecule has 8 heteroatoms. The van der Waals surface area contributed by atoms with Crippen molar-refractivity contribution in [3.63, 3.8) is 0 Å². The first kappa shape index (κ1) is 16.1. The van der Waals surface area contributed by atoms with Crippen LogP contribution in [0, 0.1) is 4.91 Å². The molecular weight excluding hydrogens is 270 g/mol. The number of carbonyl (C=O) groups excluding carboxylic acids is 2. The second kappa shape index (κ2) is 5.56. The Bertz CT molecular complexity index is 378. The largest absolute Gasteiger partial charge is 0.464 e. The Kier molecular flexibility index (Phi) is 4.70. The monoisotopic (exact) mass is 290 g/mol. The molecule has 7 nitrogen and oxygen atoms in total. The topological polar surface area (TPSA) is 98.8 Å². The molecule has 1 atom stereocenters. The molecule has 1 rings (SSSR count). The van der Waals surface area contributed by atoms with Crippen molar-refractivity contribution in [2.75, 3.05) is 26.7 Å². The van der Waals surface area contributed by atoms with Gasteiger partial charge in [-0.25, -0.2) is 4.79 Å². The van der Waals surface area contributed by atoms with E-state index in [0.717, 1.165) is 0 Å². The Morgan fingerprint density at radius 1 is 1.58 bits per heavy atom. The minimum Gasteiger partial charge on any atom is -0.464 e. The molecule has 1 saturated heterocycles. The van der Waals surface area contributed by atoms with Crippen molar-refractivity contribution in [3.8, 4) is 0 Å². The summed E-state index contributed by atoms with van der Waals surface area (Å²) in [5.41, 5.74) is 2.38. The number of likely N-dealkylation sites (tertiary alicyclic amines) is 1. The molecule has 1 fully saturated rings. The Morgan fingerprint density at radius 2 is 2.11 bits per heavy atom. The van der Waals surface area contributed by atoms with Gasteiger partial charge in [-0.05, 0) is 6.92 Å². The van der Waals surface area contributed by atoms with E-state index in [9.17, 15) is 14.5 Å². The molecular formula is C11H20N3O4S+. The summed E-state index contributed by atoms with van der Waals surface area (Å²) in [6.07, 6.45) is 0.704. The number of quaternary nitrogens is 1. The maximum atomic E-state index is 11.9. The number of thiol groups is 1. The van der Waals surface area contributed by atoms with Crippen molar-refractivity contribution in [3.05, 3.63) is 4.91 Å². The van der Waals surface area contributed by atoms with Crippen LogP contribution in [0.4, 0.5) is 0 Å². The van der Waals surface area contributed by atoms with E-state index < -0.39 is 17.0 Å². The molecule has 0 saturated carbocycles. The molecule has 1 aliphatic rings. The van der Waals surface area contributed by atoms with E-state index in [1.54, 1.807) is 6.92 Å². The number of aldehydes is 1. The minimum atomic E-state index is -2.03. The predicted octanol–water partition coefficient (Wildman–Crippen LogP) is 0.0363. The van der Waals surface area contributed by atoms with Crippen LogP contribution in [0.25, 0.3) is 0 Å². The van der Waals surface area contributed by atoms with E-state index in [-0.39, 0.29) is 25.7 Å². The first-order valence-electron chi connectivity index (χ1n) is 6.11. The summed E-state index contributed by atoms with van der Waals surface area (Å²) in [5, 5.41) is 3.04. The molecule has 2 N–H and O–H groups in total. The maximum Gasteiger partial charge on any atom is 0.336 e. The second-order valence-corrected chi connectivity index (χ2v) is 6.08. The van der Waals surface area contributed by atoms with Crippen LogP contribution in [0.15, 0.2) is 5.18 Å². The van der Waals surface area contributed by atoms with Crippen LogP contribution in [0.1, 0.15) is 19.8 Å². The van der Waals surface area contributed by atoms with Crippen LogP contribution >= 0.6 is 12.8 Å². The number of nitrogens with zero attached hydrogens (tertiary/aromatic N) is 2. The number of nitroso groups, excluding NO2 is 1. The van der Waals surface area contributed by atoms with Crippen LogP contribution in [0.5, 0.6) is 0 Å². The molecule has 0 aliphatic carbocycles. The van der Waals surface area contributed by atoms with Crippen LogP contribution in [-0.4, -0.2) is 54.0 Å². The number of ether oxygens (including phenoxy) is 1. The zero-order valence-electron chi connectivity index (χ0n) is 11.2. The Balaban J connectivity index is 3.09. The van der Waals surface area contributed by atoms with Gasteiger partial charge in [0, 0.05) is 12.8 Å². The molecule has 1 heterocycles. The van der Waals surface area contributed by atoms with Crippen molar-refractivity contribution in [2.24, 2.45) is 10.9 Å². The van der Waals surface area contributed by atoms with Crippen LogP contribution in [0.3, 0.4) is 0 Å². The van der Waals surface area contributed by atoms with Crippen molar-refractivity contribution in [2.45, 2.75) is 30.8 Å². The summed E-state index contributed by atoms with van der Waals surface area (Å²) < 4.78 is 5.21. The molecule has 0 aromatic rings. The van der Waals surface area contributed by atoms with Crippen molar-refractivity contribution in [1.82, 2.24) is 0 Å². The lowest BCUT2D eigenvalue weighted by Crippen LogP contribution is -2.69. The summed E-state index contributed by atoms with van der Waals surface area (Å²) in [6.45, 7) is 2.66. The summed E-state index contributed by atoms with van der Waals surface area (Å²) >= 11 is 4.40. The van der Waals surface area contributed by atoms with Crippen LogP contribution in [-0.2, 0) is 14.3 Å². The fourth-order valence-electron chi connectivity index (χ4n) is 2.27. The minimum absolute atomic E-state index is 0.0842. The van der Waals surface area contributed by atoms with Gasteiger partial charge in [-0.3, -0.25) is 3.89 Å². The Morgan fingerprint density at radius 3 is 2.47 bits per heavy atom. The van der Waals surface area contributed by atoms with Crippen molar-refractivity contribution < 1.29 is 18.2 Å². The van der Waals surface area contributed by atoms with E-state index in [2.05, 4.69) is 18.0 Å². The summed E-state index contributed by atoms with van der Waals surface area (Å²) in [4.78, 5) is 34.5. The second-order valence-electron chi connectivity index (χ2n) is 5.12. The first-order valence-corrected chi connectivity index (χ1v) is 6.51. The van der Waals surface area contributed by atoms with E-state index in [4.69, 9.17) is 10.5 Å². The first-order chi connectivity index (χ1) is 8.77. The lowest BCUT2D eigenvalue weighted by Gasteiger charge is -2.44. The normalized spacial score (nSPS) is 34.1. The highest BCUT2D eigenvalue weighted by molar-refractivity contribution is 7.74. The lowest BCUT2D eigenvalue weighted by molar-refractivity contribution is -0.778. The molecule has 1 aliphatic heterocycles. The predicted molar refractivity (Wildman–Crippen MR) is 72.3 cm³/mol. The highest BCUT2D eigenvalue weighted by Gasteiger charge is 2.60. The van der Waals surface area contributed by atoms with Gasteiger partial charge in [0.05, 0.1) is 39.6 Å². The van der Waals surface area contributed by atoms with Gasteiger partial charge >= 0.3 is 5.97 Å². The third kappa shape index (κ3) is 2.80.